The van der Waals surface area contributed by atoms with E-state index in [2.05, 4.69) is 17.6 Å². The van der Waals surface area contributed by atoms with E-state index < -0.39 is 0 Å². The van der Waals surface area contributed by atoms with Crippen molar-refractivity contribution in [3.63, 3.8) is 0 Å². The van der Waals surface area contributed by atoms with E-state index in [1.165, 1.54) is 50.7 Å². The van der Waals surface area contributed by atoms with Crippen molar-refractivity contribution >= 4 is 23.0 Å². The minimum Gasteiger partial charge on any atom is -0.362 e. The first-order chi connectivity index (χ1) is 9.72. The zero-order valence-corrected chi connectivity index (χ0v) is 13.1. The summed E-state index contributed by atoms with van der Waals surface area (Å²) < 4.78 is 12.7. The van der Waals surface area contributed by atoms with Crippen molar-refractivity contribution in [1.29, 1.82) is 0 Å². The van der Waals surface area contributed by atoms with Gasteiger partial charge in [-0.25, -0.2) is 4.39 Å². The Hall–Kier alpha value is -1.16. The summed E-state index contributed by atoms with van der Waals surface area (Å²) in [5.41, 5.74) is 0.809. The van der Waals surface area contributed by atoms with Gasteiger partial charge in [0.15, 0.2) is 5.11 Å². The molecule has 4 heteroatoms. The third-order valence-corrected chi connectivity index (χ3v) is 3.41. The predicted molar refractivity (Wildman–Crippen MR) is 88.6 cm³/mol. The van der Waals surface area contributed by atoms with Crippen LogP contribution in [-0.4, -0.2) is 11.7 Å². The van der Waals surface area contributed by atoms with E-state index in [-0.39, 0.29) is 5.82 Å². The lowest BCUT2D eigenvalue weighted by atomic mass is 10.1. The molecule has 0 aliphatic carbocycles. The molecule has 0 bridgehead atoms. The molecule has 1 aromatic carbocycles. The normalized spacial score (nSPS) is 10.3. The second-order valence-corrected chi connectivity index (χ2v) is 5.42. The predicted octanol–water partition coefficient (Wildman–Crippen LogP) is 4.86. The minimum absolute atomic E-state index is 0.238. The Labute approximate surface area is 127 Å². The van der Waals surface area contributed by atoms with E-state index in [4.69, 9.17) is 12.2 Å². The number of rotatable bonds is 9. The van der Waals surface area contributed by atoms with Crippen molar-refractivity contribution in [2.75, 3.05) is 11.9 Å². The van der Waals surface area contributed by atoms with Gasteiger partial charge in [-0.2, -0.15) is 0 Å². The monoisotopic (exact) mass is 296 g/mol. The van der Waals surface area contributed by atoms with Crippen molar-refractivity contribution in [3.8, 4) is 0 Å². The molecule has 0 aliphatic heterocycles. The van der Waals surface area contributed by atoms with Gasteiger partial charge in [-0.3, -0.25) is 0 Å². The molecule has 112 valence electrons. The SMILES string of the molecule is CCCCCCCCCNC(=S)Nc1ccc(F)cc1. The number of benzene rings is 1. The molecule has 0 heterocycles. The molecule has 0 radical (unpaired) electrons. The molecular formula is C16H25FN2S. The van der Waals surface area contributed by atoms with Gasteiger partial charge in [0.05, 0.1) is 0 Å². The van der Waals surface area contributed by atoms with Crippen molar-refractivity contribution in [2.45, 2.75) is 51.9 Å². The summed E-state index contributed by atoms with van der Waals surface area (Å²) in [6.07, 6.45) is 9.03. The highest BCUT2D eigenvalue weighted by Gasteiger charge is 1.97. The van der Waals surface area contributed by atoms with Gasteiger partial charge in [0.2, 0.25) is 0 Å². The number of thiocarbonyl (C=S) groups is 1. The minimum atomic E-state index is -0.238. The molecule has 1 aromatic rings. The lowest BCUT2D eigenvalue weighted by Gasteiger charge is -2.10. The van der Waals surface area contributed by atoms with Gasteiger partial charge in [-0.1, -0.05) is 45.4 Å². The summed E-state index contributed by atoms with van der Waals surface area (Å²) in [4.78, 5) is 0. The molecule has 0 spiro atoms. The smallest absolute Gasteiger partial charge is 0.170 e. The first-order valence-corrected chi connectivity index (χ1v) is 7.93. The van der Waals surface area contributed by atoms with Crippen molar-refractivity contribution < 1.29 is 4.39 Å². The zero-order chi connectivity index (χ0) is 14.6. The van der Waals surface area contributed by atoms with Crippen LogP contribution in [0.5, 0.6) is 0 Å². The molecular weight excluding hydrogens is 271 g/mol. The number of halogens is 1. The maximum atomic E-state index is 12.7. The van der Waals surface area contributed by atoms with Crippen molar-refractivity contribution in [1.82, 2.24) is 5.32 Å². The standard InChI is InChI=1S/C16H25FN2S/c1-2-3-4-5-6-7-8-13-18-16(20)19-15-11-9-14(17)10-12-15/h9-12H,2-8,13H2,1H3,(H2,18,19,20). The molecule has 0 saturated carbocycles. The van der Waals surface area contributed by atoms with Crippen LogP contribution in [0.2, 0.25) is 0 Å². The summed E-state index contributed by atoms with van der Waals surface area (Å²) >= 11 is 5.19. The number of anilines is 1. The molecule has 1 rings (SSSR count). The number of unbranched alkanes of at least 4 members (excludes halogenated alkanes) is 6. The van der Waals surface area contributed by atoms with Gasteiger partial charge in [0, 0.05) is 12.2 Å². The highest BCUT2D eigenvalue weighted by atomic mass is 32.1. The lowest BCUT2D eigenvalue weighted by Crippen LogP contribution is -2.29. The second-order valence-electron chi connectivity index (χ2n) is 5.01. The van der Waals surface area contributed by atoms with Gasteiger partial charge in [0.1, 0.15) is 5.82 Å². The highest BCUT2D eigenvalue weighted by molar-refractivity contribution is 7.80. The summed E-state index contributed by atoms with van der Waals surface area (Å²) in [6.45, 7) is 3.12. The maximum Gasteiger partial charge on any atom is 0.170 e. The summed E-state index contributed by atoms with van der Waals surface area (Å²) in [6, 6.07) is 6.19. The fraction of sp³-hybridized carbons (Fsp3) is 0.562. The Morgan fingerprint density at radius 2 is 1.60 bits per heavy atom. The molecule has 0 aromatic heterocycles. The van der Waals surface area contributed by atoms with Crippen LogP contribution in [0.15, 0.2) is 24.3 Å². The molecule has 20 heavy (non-hydrogen) atoms. The molecule has 2 N–H and O–H groups in total. The second kappa shape index (κ2) is 10.6. The van der Waals surface area contributed by atoms with E-state index >= 15 is 0 Å². The average molecular weight is 296 g/mol. The lowest BCUT2D eigenvalue weighted by molar-refractivity contribution is 0.586. The van der Waals surface area contributed by atoms with Crippen LogP contribution in [0.1, 0.15) is 51.9 Å². The van der Waals surface area contributed by atoms with Crippen molar-refractivity contribution in [3.05, 3.63) is 30.1 Å². The Bertz CT molecular complexity index is 379. The van der Waals surface area contributed by atoms with Gasteiger partial charge in [-0.15, -0.1) is 0 Å². The van der Waals surface area contributed by atoms with E-state index in [9.17, 15) is 4.39 Å². The average Bonchev–Trinajstić information content (AvgIpc) is 2.44. The molecule has 0 fully saturated rings. The van der Waals surface area contributed by atoms with E-state index in [0.717, 1.165) is 18.7 Å². The fourth-order valence-corrected chi connectivity index (χ4v) is 2.21. The van der Waals surface area contributed by atoms with Crippen LogP contribution in [0.25, 0.3) is 0 Å². The Balaban J connectivity index is 2.01. The third-order valence-electron chi connectivity index (χ3n) is 3.17. The van der Waals surface area contributed by atoms with Crippen LogP contribution in [0, 0.1) is 5.82 Å². The largest absolute Gasteiger partial charge is 0.362 e. The van der Waals surface area contributed by atoms with E-state index in [1.807, 2.05) is 0 Å². The molecule has 2 nitrogen and oxygen atoms in total. The summed E-state index contributed by atoms with van der Waals surface area (Å²) in [5.74, 6) is -0.238. The quantitative estimate of drug-likeness (QED) is 0.502. The summed E-state index contributed by atoms with van der Waals surface area (Å²) in [5, 5.41) is 6.82. The Morgan fingerprint density at radius 1 is 1.00 bits per heavy atom. The van der Waals surface area contributed by atoms with Gasteiger partial charge in [-0.05, 0) is 42.9 Å². The van der Waals surface area contributed by atoms with Gasteiger partial charge in [0.25, 0.3) is 0 Å². The molecule has 0 aliphatic rings. The van der Waals surface area contributed by atoms with E-state index in [0.29, 0.717) is 5.11 Å². The molecule has 0 amide bonds. The highest BCUT2D eigenvalue weighted by Crippen LogP contribution is 2.08. The van der Waals surface area contributed by atoms with Crippen LogP contribution < -0.4 is 10.6 Å². The topological polar surface area (TPSA) is 24.1 Å². The number of hydrogen-bond acceptors (Lipinski definition) is 1. The van der Waals surface area contributed by atoms with Crippen molar-refractivity contribution in [2.24, 2.45) is 0 Å². The first-order valence-electron chi connectivity index (χ1n) is 7.53. The van der Waals surface area contributed by atoms with Crippen LogP contribution >= 0.6 is 12.2 Å². The maximum absolute atomic E-state index is 12.7. The number of hydrogen-bond donors (Lipinski definition) is 2. The molecule has 0 atom stereocenters. The Kier molecular flexibility index (Phi) is 8.96. The third kappa shape index (κ3) is 8.10. The van der Waals surface area contributed by atoms with E-state index in [1.54, 1.807) is 12.1 Å². The zero-order valence-electron chi connectivity index (χ0n) is 12.3. The van der Waals surface area contributed by atoms with Crippen LogP contribution in [-0.2, 0) is 0 Å². The summed E-state index contributed by atoms with van der Waals surface area (Å²) in [7, 11) is 0. The van der Waals surface area contributed by atoms with Gasteiger partial charge >= 0.3 is 0 Å². The molecule has 0 saturated heterocycles. The number of nitrogens with one attached hydrogen (secondary N) is 2. The van der Waals surface area contributed by atoms with Crippen LogP contribution in [0.4, 0.5) is 10.1 Å². The van der Waals surface area contributed by atoms with Gasteiger partial charge < -0.3 is 10.6 Å². The first kappa shape index (κ1) is 16.9. The fourth-order valence-electron chi connectivity index (χ4n) is 1.99. The van der Waals surface area contributed by atoms with Crippen LogP contribution in [0.3, 0.4) is 0 Å². The molecule has 0 unspecified atom stereocenters. The Morgan fingerprint density at radius 3 is 2.25 bits per heavy atom.